The van der Waals surface area contributed by atoms with Crippen LogP contribution < -0.4 is 9.61 Å². The number of halogens is 1. The van der Waals surface area contributed by atoms with E-state index in [1.165, 1.54) is 0 Å². The minimum absolute atomic E-state index is 0.570. The van der Waals surface area contributed by atoms with Gasteiger partial charge < -0.3 is 9.61 Å². The monoisotopic (exact) mass is 295 g/mol. The number of para-hydroxylation sites is 1. The van der Waals surface area contributed by atoms with Crippen LogP contribution in [-0.4, -0.2) is 6.66 Å². The molecule has 0 aromatic heterocycles. The first-order valence-corrected chi connectivity index (χ1v) is 8.28. The van der Waals surface area contributed by atoms with Crippen LogP contribution in [0.2, 0.25) is 5.02 Å². The summed E-state index contributed by atoms with van der Waals surface area (Å²) < 4.78 is 17.9. The second-order valence-corrected chi connectivity index (χ2v) is 6.86. The second-order valence-electron chi connectivity index (χ2n) is 4.32. The molecule has 0 radical (unpaired) electrons. The highest BCUT2D eigenvalue weighted by Crippen LogP contribution is 2.44. The van der Waals surface area contributed by atoms with Gasteiger partial charge in [0.1, 0.15) is 5.75 Å². The molecule has 0 saturated carbocycles. The first-order chi connectivity index (χ1) is 8.96. The zero-order chi connectivity index (χ0) is 13.9. The molecule has 0 aliphatic rings. The molecule has 1 unspecified atom stereocenters. The van der Waals surface area contributed by atoms with E-state index in [4.69, 9.17) is 16.1 Å². The third kappa shape index (κ3) is 4.02. The van der Waals surface area contributed by atoms with E-state index in [1.54, 1.807) is 30.9 Å². The Labute approximate surface area is 118 Å². The summed E-state index contributed by atoms with van der Waals surface area (Å²) in [7, 11) is -2.99. The molecule has 0 saturated heterocycles. The van der Waals surface area contributed by atoms with Gasteiger partial charge in [-0.1, -0.05) is 35.9 Å². The molecule has 19 heavy (non-hydrogen) atoms. The van der Waals surface area contributed by atoms with Crippen LogP contribution in [0.1, 0.15) is 5.56 Å². The van der Waals surface area contributed by atoms with E-state index >= 15 is 0 Å². The zero-order valence-corrected chi connectivity index (χ0v) is 12.4. The lowest BCUT2D eigenvalue weighted by Gasteiger charge is -2.18. The van der Waals surface area contributed by atoms with Gasteiger partial charge >= 0.3 is 7.52 Å². The Bertz CT molecular complexity index is 616. The Morgan fingerprint density at radius 2 is 1.84 bits per heavy atom. The predicted molar refractivity (Wildman–Crippen MR) is 80.4 cm³/mol. The maximum absolute atomic E-state index is 12.4. The number of hydrogen-bond donors (Lipinski definition) is 1. The quantitative estimate of drug-likeness (QED) is 0.810. The molecule has 0 bridgehead atoms. The van der Waals surface area contributed by atoms with E-state index in [1.807, 2.05) is 31.2 Å². The first kappa shape index (κ1) is 14.0. The van der Waals surface area contributed by atoms with Crippen molar-refractivity contribution in [1.82, 2.24) is 0 Å². The van der Waals surface area contributed by atoms with Crippen molar-refractivity contribution in [3.05, 3.63) is 59.1 Å². The van der Waals surface area contributed by atoms with Crippen molar-refractivity contribution in [2.24, 2.45) is 0 Å². The van der Waals surface area contributed by atoms with Gasteiger partial charge in [-0.15, -0.1) is 0 Å². The smallest absolute Gasteiger partial charge is 0.338 e. The van der Waals surface area contributed by atoms with Crippen LogP contribution in [0, 0.1) is 6.92 Å². The molecule has 1 N–H and O–H groups in total. The number of benzene rings is 2. The summed E-state index contributed by atoms with van der Waals surface area (Å²) in [6.07, 6.45) is 0. The normalized spacial score (nSPS) is 13.6. The molecule has 5 heteroatoms. The molecule has 3 nitrogen and oxygen atoms in total. The highest BCUT2D eigenvalue weighted by atomic mass is 35.5. The van der Waals surface area contributed by atoms with Crippen molar-refractivity contribution in [1.29, 1.82) is 0 Å². The Balaban J connectivity index is 2.17. The Kier molecular flexibility index (Phi) is 4.18. The van der Waals surface area contributed by atoms with Crippen molar-refractivity contribution in [3.8, 4) is 5.75 Å². The van der Waals surface area contributed by atoms with Crippen molar-refractivity contribution < 1.29 is 9.09 Å². The standard InChI is InChI=1S/C14H15ClNO2P/c1-11-8-9-12(15)10-14(11)16-19(2,17)18-13-6-4-3-5-7-13/h3-10H,1-2H3,(H,16,17). The van der Waals surface area contributed by atoms with E-state index in [0.717, 1.165) is 5.56 Å². The molecule has 100 valence electrons. The van der Waals surface area contributed by atoms with Gasteiger partial charge in [0.25, 0.3) is 0 Å². The molecular formula is C14H15ClNO2P. The number of hydrogen-bond acceptors (Lipinski definition) is 2. The fourth-order valence-electron chi connectivity index (χ4n) is 1.64. The summed E-state index contributed by atoms with van der Waals surface area (Å²) in [6.45, 7) is 3.46. The van der Waals surface area contributed by atoms with Gasteiger partial charge in [-0.25, -0.2) is 0 Å². The molecule has 0 amide bonds. The largest absolute Gasteiger partial charge is 0.429 e. The fraction of sp³-hybridized carbons (Fsp3) is 0.143. The Morgan fingerprint density at radius 1 is 1.16 bits per heavy atom. The molecule has 2 aromatic rings. The molecule has 0 aliphatic carbocycles. The molecule has 0 spiro atoms. The SMILES string of the molecule is Cc1ccc(Cl)cc1NP(C)(=O)Oc1ccccc1. The number of nitrogens with one attached hydrogen (secondary N) is 1. The van der Waals surface area contributed by atoms with E-state index in [0.29, 0.717) is 16.5 Å². The van der Waals surface area contributed by atoms with E-state index < -0.39 is 7.52 Å². The van der Waals surface area contributed by atoms with Crippen molar-refractivity contribution in [3.63, 3.8) is 0 Å². The number of rotatable bonds is 4. The van der Waals surface area contributed by atoms with Gasteiger partial charge in [-0.2, -0.15) is 0 Å². The van der Waals surface area contributed by atoms with Gasteiger partial charge in [0.15, 0.2) is 0 Å². The molecular weight excluding hydrogens is 281 g/mol. The Hall–Kier alpha value is -1.44. The predicted octanol–water partition coefficient (Wildman–Crippen LogP) is 4.96. The zero-order valence-electron chi connectivity index (χ0n) is 10.8. The van der Waals surface area contributed by atoms with Crippen molar-refractivity contribution in [2.75, 3.05) is 11.8 Å². The lowest BCUT2D eigenvalue weighted by Crippen LogP contribution is -2.03. The highest BCUT2D eigenvalue weighted by Gasteiger charge is 2.18. The number of aryl methyl sites for hydroxylation is 1. The molecule has 1 atom stereocenters. The topological polar surface area (TPSA) is 38.3 Å². The minimum Gasteiger partial charge on any atom is -0.429 e. The van der Waals surface area contributed by atoms with Crippen LogP contribution in [0.4, 0.5) is 5.69 Å². The number of anilines is 1. The summed E-state index contributed by atoms with van der Waals surface area (Å²) in [4.78, 5) is 0. The average molecular weight is 296 g/mol. The summed E-state index contributed by atoms with van der Waals surface area (Å²) in [5.41, 5.74) is 1.68. The van der Waals surface area contributed by atoms with Gasteiger partial charge in [-0.3, -0.25) is 4.57 Å². The van der Waals surface area contributed by atoms with Crippen LogP contribution in [-0.2, 0) is 4.57 Å². The van der Waals surface area contributed by atoms with Crippen molar-refractivity contribution in [2.45, 2.75) is 6.92 Å². The molecule has 0 fully saturated rings. The van der Waals surface area contributed by atoms with Crippen LogP contribution in [0.3, 0.4) is 0 Å². The van der Waals surface area contributed by atoms with Gasteiger partial charge in [0.2, 0.25) is 0 Å². The maximum atomic E-state index is 12.4. The molecule has 2 rings (SSSR count). The third-order valence-electron chi connectivity index (χ3n) is 2.55. The lowest BCUT2D eigenvalue weighted by molar-refractivity contribution is 0.493. The summed E-state index contributed by atoms with van der Waals surface area (Å²) in [5.74, 6) is 0.570. The average Bonchev–Trinajstić information content (AvgIpc) is 2.34. The first-order valence-electron chi connectivity index (χ1n) is 5.83. The van der Waals surface area contributed by atoms with Crippen LogP contribution in [0.25, 0.3) is 0 Å². The summed E-state index contributed by atoms with van der Waals surface area (Å²) >= 11 is 5.94. The lowest BCUT2D eigenvalue weighted by atomic mass is 10.2. The highest BCUT2D eigenvalue weighted by molar-refractivity contribution is 7.60. The fourth-order valence-corrected chi connectivity index (χ4v) is 3.06. The van der Waals surface area contributed by atoms with E-state index in [9.17, 15) is 4.57 Å². The van der Waals surface area contributed by atoms with Crippen LogP contribution in [0.15, 0.2) is 48.5 Å². The minimum atomic E-state index is -2.99. The van der Waals surface area contributed by atoms with E-state index in [-0.39, 0.29) is 0 Å². The van der Waals surface area contributed by atoms with Gasteiger partial charge in [0.05, 0.1) is 0 Å². The van der Waals surface area contributed by atoms with Gasteiger partial charge in [0, 0.05) is 17.4 Å². The molecule has 0 aliphatic heterocycles. The summed E-state index contributed by atoms with van der Waals surface area (Å²) in [5, 5.41) is 3.52. The van der Waals surface area contributed by atoms with Gasteiger partial charge in [-0.05, 0) is 36.8 Å². The van der Waals surface area contributed by atoms with E-state index in [2.05, 4.69) is 5.09 Å². The van der Waals surface area contributed by atoms with Crippen molar-refractivity contribution >= 4 is 24.8 Å². The molecule has 0 heterocycles. The van der Waals surface area contributed by atoms with Crippen LogP contribution in [0.5, 0.6) is 5.75 Å². The second kappa shape index (κ2) is 5.68. The summed E-state index contributed by atoms with van der Waals surface area (Å²) in [6, 6.07) is 14.5. The molecule has 2 aromatic carbocycles. The van der Waals surface area contributed by atoms with Crippen LogP contribution >= 0.6 is 19.1 Å². The maximum Gasteiger partial charge on any atom is 0.338 e. The Morgan fingerprint density at radius 3 is 2.53 bits per heavy atom. The third-order valence-corrected chi connectivity index (χ3v) is 3.99.